The number of halogens is 1. The van der Waals surface area contributed by atoms with Crippen LogP contribution >= 0.6 is 0 Å². The van der Waals surface area contributed by atoms with Gasteiger partial charge in [0.1, 0.15) is 5.82 Å². The van der Waals surface area contributed by atoms with Gasteiger partial charge in [0.15, 0.2) is 0 Å². The van der Waals surface area contributed by atoms with Gasteiger partial charge in [0, 0.05) is 0 Å². The highest BCUT2D eigenvalue weighted by Crippen LogP contribution is 2.24. The van der Waals surface area contributed by atoms with E-state index in [1.54, 1.807) is 12.1 Å². The van der Waals surface area contributed by atoms with Gasteiger partial charge in [-0.3, -0.25) is 0 Å². The van der Waals surface area contributed by atoms with E-state index in [2.05, 4.69) is 17.2 Å². The molecule has 0 spiro atoms. The average Bonchev–Trinajstić information content (AvgIpc) is 2.49. The molecule has 0 aromatic heterocycles. The summed E-state index contributed by atoms with van der Waals surface area (Å²) in [5, 5.41) is 5.40. The molecule has 0 radical (unpaired) electrons. The van der Waals surface area contributed by atoms with Crippen molar-refractivity contribution in [3.8, 4) is 0 Å². The zero-order valence-corrected chi connectivity index (χ0v) is 13.6. The number of para-hydroxylation sites is 1. The summed E-state index contributed by atoms with van der Waals surface area (Å²) in [6.07, 6.45) is 0. The maximum absolute atomic E-state index is 13.6. The van der Waals surface area contributed by atoms with E-state index in [0.717, 1.165) is 16.7 Å². The van der Waals surface area contributed by atoms with Crippen molar-refractivity contribution >= 4 is 17.3 Å². The van der Waals surface area contributed by atoms with E-state index < -0.39 is 17.4 Å². The highest BCUT2D eigenvalue weighted by Gasteiger charge is 2.23. The highest BCUT2D eigenvalue weighted by molar-refractivity contribution is 5.90. The van der Waals surface area contributed by atoms with E-state index in [1.165, 1.54) is 12.1 Å². The van der Waals surface area contributed by atoms with Crippen molar-refractivity contribution in [1.29, 1.82) is 0 Å². The second-order valence-corrected chi connectivity index (χ2v) is 6.05. The van der Waals surface area contributed by atoms with Crippen LogP contribution in [0.5, 0.6) is 0 Å². The fraction of sp³-hybridized carbons (Fsp3) is 0.211. The number of hydrogen-bond donors (Lipinski definition) is 2. The van der Waals surface area contributed by atoms with Crippen LogP contribution in [-0.2, 0) is 5.54 Å². The number of carbonyl (C=O) groups excluding carboxylic acids is 1. The normalized spacial score (nSPS) is 11.0. The first-order valence-corrected chi connectivity index (χ1v) is 7.40. The van der Waals surface area contributed by atoms with Gasteiger partial charge < -0.3 is 10.6 Å². The summed E-state index contributed by atoms with van der Waals surface area (Å²) in [6, 6.07) is 13.4. The number of hydrogen-bond acceptors (Lipinski definition) is 1. The van der Waals surface area contributed by atoms with Crippen LogP contribution in [0.2, 0.25) is 0 Å². The first kappa shape index (κ1) is 16.7. The number of amides is 2. The third-order valence-corrected chi connectivity index (χ3v) is 3.63. The molecule has 0 atom stereocenters. The lowest BCUT2D eigenvalue weighted by molar-refractivity contribution is 0.241. The van der Waals surface area contributed by atoms with Crippen LogP contribution in [0.15, 0.2) is 55.1 Å². The van der Waals surface area contributed by atoms with Crippen LogP contribution in [0.4, 0.5) is 14.9 Å². The quantitative estimate of drug-likeness (QED) is 0.827. The second-order valence-electron chi connectivity index (χ2n) is 6.05. The molecule has 4 heteroatoms. The zero-order chi connectivity index (χ0) is 17.0. The number of urea groups is 1. The van der Waals surface area contributed by atoms with Crippen molar-refractivity contribution in [3.63, 3.8) is 0 Å². The summed E-state index contributed by atoms with van der Waals surface area (Å²) in [6.45, 7) is 9.66. The van der Waals surface area contributed by atoms with Crippen molar-refractivity contribution in [1.82, 2.24) is 5.32 Å². The molecule has 0 aliphatic rings. The van der Waals surface area contributed by atoms with Crippen molar-refractivity contribution in [2.45, 2.75) is 26.3 Å². The molecule has 2 rings (SSSR count). The van der Waals surface area contributed by atoms with E-state index in [9.17, 15) is 9.18 Å². The van der Waals surface area contributed by atoms with Crippen molar-refractivity contribution < 1.29 is 9.18 Å². The minimum atomic E-state index is -0.610. The fourth-order valence-corrected chi connectivity index (χ4v) is 2.25. The molecule has 2 aromatic rings. The molecule has 0 bridgehead atoms. The summed E-state index contributed by atoms with van der Waals surface area (Å²) >= 11 is 0. The lowest BCUT2D eigenvalue weighted by atomic mass is 9.92. The minimum absolute atomic E-state index is 0.150. The lowest BCUT2D eigenvalue weighted by Gasteiger charge is -2.27. The largest absolute Gasteiger partial charge is 0.329 e. The molecular weight excluding hydrogens is 291 g/mol. The molecule has 0 fully saturated rings. The van der Waals surface area contributed by atoms with Crippen LogP contribution < -0.4 is 10.6 Å². The van der Waals surface area contributed by atoms with E-state index in [1.807, 2.05) is 45.0 Å². The van der Waals surface area contributed by atoms with E-state index in [-0.39, 0.29) is 5.69 Å². The molecular formula is C19H21FN2O. The molecule has 2 N–H and O–H groups in total. The van der Waals surface area contributed by atoms with Gasteiger partial charge >= 0.3 is 6.03 Å². The Hall–Kier alpha value is -2.62. The molecule has 2 amide bonds. The Labute approximate surface area is 136 Å². The highest BCUT2D eigenvalue weighted by atomic mass is 19.1. The van der Waals surface area contributed by atoms with Crippen LogP contribution in [0.1, 0.15) is 31.9 Å². The van der Waals surface area contributed by atoms with Crippen LogP contribution in [0, 0.1) is 5.82 Å². The Kier molecular flexibility index (Phi) is 4.84. The van der Waals surface area contributed by atoms with E-state index in [0.29, 0.717) is 0 Å². The third kappa shape index (κ3) is 4.19. The summed E-state index contributed by atoms with van der Waals surface area (Å²) in [5.41, 5.74) is 2.46. The Morgan fingerprint density at radius 3 is 2.48 bits per heavy atom. The molecule has 0 saturated heterocycles. The predicted molar refractivity (Wildman–Crippen MR) is 92.7 cm³/mol. The number of carbonyl (C=O) groups is 1. The van der Waals surface area contributed by atoms with E-state index >= 15 is 0 Å². The van der Waals surface area contributed by atoms with Crippen molar-refractivity contribution in [2.75, 3.05) is 5.32 Å². The predicted octanol–water partition coefficient (Wildman–Crippen LogP) is 4.92. The smallest absolute Gasteiger partial charge is 0.320 e. The Bertz CT molecular complexity index is 738. The third-order valence-electron chi connectivity index (χ3n) is 3.63. The molecule has 0 heterocycles. The van der Waals surface area contributed by atoms with Crippen LogP contribution in [0.3, 0.4) is 0 Å². The average molecular weight is 312 g/mol. The van der Waals surface area contributed by atoms with Gasteiger partial charge in [-0.15, -0.1) is 0 Å². The summed E-state index contributed by atoms with van der Waals surface area (Å²) < 4.78 is 13.6. The van der Waals surface area contributed by atoms with E-state index in [4.69, 9.17) is 0 Å². The van der Waals surface area contributed by atoms with Gasteiger partial charge in [-0.2, -0.15) is 0 Å². The molecule has 0 aliphatic heterocycles. The standard InChI is InChI=1S/C19H21FN2O/c1-13(2)14-8-7-9-15(12-14)19(3,4)22-18(23)21-17-11-6-5-10-16(17)20/h5-12H,1H2,2-4H3,(H2,21,22,23). The van der Waals surface area contributed by atoms with Crippen molar-refractivity contribution in [2.24, 2.45) is 0 Å². The first-order valence-electron chi connectivity index (χ1n) is 7.40. The molecule has 0 aliphatic carbocycles. The number of allylic oxidation sites excluding steroid dienone is 1. The number of nitrogens with one attached hydrogen (secondary N) is 2. The SMILES string of the molecule is C=C(C)c1cccc(C(C)(C)NC(=O)Nc2ccccc2F)c1. The summed E-state index contributed by atoms with van der Waals surface area (Å²) in [5.74, 6) is -0.468. The summed E-state index contributed by atoms with van der Waals surface area (Å²) in [4.78, 5) is 12.2. The van der Waals surface area contributed by atoms with Gasteiger partial charge in [-0.1, -0.05) is 42.5 Å². The van der Waals surface area contributed by atoms with Crippen LogP contribution in [-0.4, -0.2) is 6.03 Å². The maximum Gasteiger partial charge on any atom is 0.320 e. The Morgan fingerprint density at radius 2 is 1.83 bits per heavy atom. The Balaban J connectivity index is 2.14. The van der Waals surface area contributed by atoms with Gasteiger partial charge in [-0.05, 0) is 50.1 Å². The number of benzene rings is 2. The van der Waals surface area contributed by atoms with Crippen LogP contribution in [0.25, 0.3) is 5.57 Å². The topological polar surface area (TPSA) is 41.1 Å². The van der Waals surface area contributed by atoms with Gasteiger partial charge in [0.05, 0.1) is 11.2 Å². The van der Waals surface area contributed by atoms with Gasteiger partial charge in [-0.25, -0.2) is 9.18 Å². The molecule has 3 nitrogen and oxygen atoms in total. The zero-order valence-electron chi connectivity index (χ0n) is 13.6. The molecule has 0 saturated carbocycles. The second kappa shape index (κ2) is 6.65. The van der Waals surface area contributed by atoms with Gasteiger partial charge in [0.2, 0.25) is 0 Å². The first-order chi connectivity index (χ1) is 10.8. The maximum atomic E-state index is 13.6. The number of anilines is 1. The number of rotatable bonds is 4. The monoisotopic (exact) mass is 312 g/mol. The summed E-state index contributed by atoms with van der Waals surface area (Å²) in [7, 11) is 0. The molecule has 23 heavy (non-hydrogen) atoms. The Morgan fingerprint density at radius 1 is 1.13 bits per heavy atom. The molecule has 120 valence electrons. The lowest BCUT2D eigenvalue weighted by Crippen LogP contribution is -2.43. The van der Waals surface area contributed by atoms with Crippen molar-refractivity contribution in [3.05, 3.63) is 72.1 Å². The molecule has 2 aromatic carbocycles. The fourth-order valence-electron chi connectivity index (χ4n) is 2.25. The molecule has 0 unspecified atom stereocenters. The minimum Gasteiger partial charge on any atom is -0.329 e. The van der Waals surface area contributed by atoms with Gasteiger partial charge in [0.25, 0.3) is 0 Å².